The number of rotatable bonds is 4. The Morgan fingerprint density at radius 2 is 1.76 bits per heavy atom. The van der Waals surface area contributed by atoms with Gasteiger partial charge in [-0.3, -0.25) is 0 Å². The molecule has 0 saturated carbocycles. The van der Waals surface area contributed by atoms with Crippen molar-refractivity contribution in [1.82, 2.24) is 9.55 Å². The van der Waals surface area contributed by atoms with Gasteiger partial charge in [0.25, 0.3) is 0 Å². The highest BCUT2D eigenvalue weighted by Gasteiger charge is 2.24. The van der Waals surface area contributed by atoms with Crippen molar-refractivity contribution in [2.45, 2.75) is 13.8 Å². The molecule has 0 aromatic carbocycles. The second-order valence-corrected chi connectivity index (χ2v) is 3.54. The molecule has 94 valence electrons. The fourth-order valence-corrected chi connectivity index (χ4v) is 1.50. The average molecular weight is 258 g/mol. The monoisotopic (exact) mass is 258 g/mol. The van der Waals surface area contributed by atoms with E-state index in [9.17, 15) is 9.59 Å². The zero-order valence-electron chi connectivity index (χ0n) is 9.90. The van der Waals surface area contributed by atoms with E-state index in [1.807, 2.05) is 0 Å². The summed E-state index contributed by atoms with van der Waals surface area (Å²) in [5.41, 5.74) is 0.105. The Hall–Kier alpha value is -1.63. The predicted molar refractivity (Wildman–Crippen MR) is 62.5 cm³/mol. The minimum Gasteiger partial charge on any atom is -0.461 e. The summed E-state index contributed by atoms with van der Waals surface area (Å²) in [7, 11) is 1.58. The van der Waals surface area contributed by atoms with Gasteiger partial charge in [-0.05, 0) is 26.1 Å². The normalized spacial score (nSPS) is 10.1. The Bertz CT molecular complexity index is 489. The van der Waals surface area contributed by atoms with Crippen LogP contribution in [0, 0.1) is 4.77 Å². The Morgan fingerprint density at radius 1 is 1.24 bits per heavy atom. The third kappa shape index (κ3) is 2.73. The summed E-state index contributed by atoms with van der Waals surface area (Å²) < 4.78 is 11.3. The Morgan fingerprint density at radius 3 is 2.29 bits per heavy atom. The summed E-state index contributed by atoms with van der Waals surface area (Å²) in [6.07, 6.45) is 0. The molecule has 0 unspecified atom stereocenters. The van der Waals surface area contributed by atoms with Crippen molar-refractivity contribution >= 4 is 24.2 Å². The van der Waals surface area contributed by atoms with E-state index in [4.69, 9.17) is 21.7 Å². The molecule has 0 saturated heterocycles. The largest absolute Gasteiger partial charge is 0.461 e. The van der Waals surface area contributed by atoms with Gasteiger partial charge in [0.2, 0.25) is 0 Å². The SMILES string of the molecule is CCOC(=O)c1[nH]c(=S)n(C)c1C(=O)OCC. The maximum absolute atomic E-state index is 11.7. The summed E-state index contributed by atoms with van der Waals surface area (Å²) in [4.78, 5) is 25.9. The van der Waals surface area contributed by atoms with Crippen molar-refractivity contribution in [2.75, 3.05) is 13.2 Å². The van der Waals surface area contributed by atoms with Crippen molar-refractivity contribution < 1.29 is 19.1 Å². The number of aromatic amines is 1. The Labute approximate surface area is 104 Å². The molecule has 1 aromatic heterocycles. The molecule has 1 heterocycles. The fraction of sp³-hybridized carbons (Fsp3) is 0.500. The van der Waals surface area contributed by atoms with Gasteiger partial charge in [-0.15, -0.1) is 0 Å². The van der Waals surface area contributed by atoms with Gasteiger partial charge in [-0.2, -0.15) is 0 Å². The smallest absolute Gasteiger partial charge is 0.357 e. The minimum absolute atomic E-state index is 0.0257. The highest BCUT2D eigenvalue weighted by Crippen LogP contribution is 2.11. The quantitative estimate of drug-likeness (QED) is 0.653. The van der Waals surface area contributed by atoms with Gasteiger partial charge in [-0.1, -0.05) is 0 Å². The zero-order chi connectivity index (χ0) is 13.0. The molecular formula is C10H14N2O4S. The van der Waals surface area contributed by atoms with Crippen LogP contribution in [0.2, 0.25) is 0 Å². The van der Waals surface area contributed by atoms with Crippen LogP contribution >= 0.6 is 12.2 Å². The van der Waals surface area contributed by atoms with Gasteiger partial charge in [-0.25, -0.2) is 9.59 Å². The average Bonchev–Trinajstić information content (AvgIpc) is 2.56. The highest BCUT2D eigenvalue weighted by atomic mass is 32.1. The van der Waals surface area contributed by atoms with Crippen LogP contribution in [0.5, 0.6) is 0 Å². The van der Waals surface area contributed by atoms with Gasteiger partial charge in [0.15, 0.2) is 16.2 Å². The van der Waals surface area contributed by atoms with E-state index in [0.29, 0.717) is 0 Å². The summed E-state index contributed by atoms with van der Waals surface area (Å²) >= 11 is 4.96. The van der Waals surface area contributed by atoms with Crippen LogP contribution in [0.1, 0.15) is 34.8 Å². The number of esters is 2. The topological polar surface area (TPSA) is 73.3 Å². The first-order chi connectivity index (χ1) is 8.02. The van der Waals surface area contributed by atoms with Crippen molar-refractivity contribution in [3.8, 4) is 0 Å². The van der Waals surface area contributed by atoms with Crippen LogP contribution in [-0.4, -0.2) is 34.7 Å². The molecule has 0 bridgehead atoms. The molecule has 1 aromatic rings. The van der Waals surface area contributed by atoms with Crippen LogP contribution in [0.3, 0.4) is 0 Å². The number of ether oxygens (including phenoxy) is 2. The zero-order valence-corrected chi connectivity index (χ0v) is 10.7. The number of nitrogens with one attached hydrogen (secondary N) is 1. The lowest BCUT2D eigenvalue weighted by Gasteiger charge is -2.05. The van der Waals surface area contributed by atoms with Crippen molar-refractivity contribution in [1.29, 1.82) is 0 Å². The van der Waals surface area contributed by atoms with E-state index >= 15 is 0 Å². The fourth-order valence-electron chi connectivity index (χ4n) is 1.31. The second-order valence-electron chi connectivity index (χ2n) is 3.15. The number of hydrogen-bond donors (Lipinski definition) is 1. The van der Waals surface area contributed by atoms with Crippen LogP contribution in [0.4, 0.5) is 0 Å². The first-order valence-corrected chi connectivity index (χ1v) is 5.56. The highest BCUT2D eigenvalue weighted by molar-refractivity contribution is 7.71. The Kier molecular flexibility index (Phi) is 4.45. The molecule has 6 nitrogen and oxygen atoms in total. The molecule has 7 heteroatoms. The van der Waals surface area contributed by atoms with E-state index in [0.717, 1.165) is 0 Å². The molecule has 0 radical (unpaired) electrons. The summed E-state index contributed by atoms with van der Waals surface area (Å²) in [5, 5.41) is 0. The molecule has 0 aliphatic rings. The number of imidazole rings is 1. The number of carbonyl (C=O) groups excluding carboxylic acids is 2. The van der Waals surface area contributed by atoms with E-state index in [2.05, 4.69) is 4.98 Å². The number of H-pyrrole nitrogens is 1. The number of nitrogens with zero attached hydrogens (tertiary/aromatic N) is 1. The van der Waals surface area contributed by atoms with Crippen molar-refractivity contribution in [3.63, 3.8) is 0 Å². The maximum atomic E-state index is 11.7. The van der Waals surface area contributed by atoms with Gasteiger partial charge in [0.05, 0.1) is 13.2 Å². The molecule has 0 aliphatic heterocycles. The van der Waals surface area contributed by atoms with E-state index in [-0.39, 0.29) is 29.4 Å². The lowest BCUT2D eigenvalue weighted by atomic mass is 10.3. The third-order valence-corrected chi connectivity index (χ3v) is 2.43. The predicted octanol–water partition coefficient (Wildman–Crippen LogP) is 1.44. The molecule has 17 heavy (non-hydrogen) atoms. The number of aromatic nitrogens is 2. The van der Waals surface area contributed by atoms with Gasteiger partial charge in [0, 0.05) is 7.05 Å². The minimum atomic E-state index is -0.623. The lowest BCUT2D eigenvalue weighted by molar-refractivity contribution is 0.0468. The molecule has 0 atom stereocenters. The van der Waals surface area contributed by atoms with E-state index < -0.39 is 11.9 Å². The molecule has 0 amide bonds. The second kappa shape index (κ2) is 5.62. The molecule has 0 aliphatic carbocycles. The first-order valence-electron chi connectivity index (χ1n) is 5.16. The van der Waals surface area contributed by atoms with Gasteiger partial charge < -0.3 is 19.0 Å². The lowest BCUT2D eigenvalue weighted by Crippen LogP contribution is -2.16. The summed E-state index contributed by atoms with van der Waals surface area (Å²) in [6, 6.07) is 0. The summed E-state index contributed by atoms with van der Waals surface area (Å²) in [6.45, 7) is 3.80. The number of carbonyl (C=O) groups is 2. The van der Waals surface area contributed by atoms with Crippen LogP contribution < -0.4 is 0 Å². The molecular weight excluding hydrogens is 244 g/mol. The molecule has 1 rings (SSSR count). The molecule has 1 N–H and O–H groups in total. The van der Waals surface area contributed by atoms with E-state index in [1.54, 1.807) is 20.9 Å². The van der Waals surface area contributed by atoms with Crippen molar-refractivity contribution in [3.05, 3.63) is 16.2 Å². The number of hydrogen-bond acceptors (Lipinski definition) is 5. The molecule has 0 spiro atoms. The van der Waals surface area contributed by atoms with Gasteiger partial charge in [0.1, 0.15) is 0 Å². The van der Waals surface area contributed by atoms with Crippen molar-refractivity contribution in [2.24, 2.45) is 7.05 Å². The Balaban J connectivity index is 3.22. The van der Waals surface area contributed by atoms with Gasteiger partial charge >= 0.3 is 11.9 Å². The van der Waals surface area contributed by atoms with Crippen LogP contribution in [-0.2, 0) is 16.5 Å². The molecule has 0 fully saturated rings. The maximum Gasteiger partial charge on any atom is 0.357 e. The van der Waals surface area contributed by atoms with Crippen LogP contribution in [0.25, 0.3) is 0 Å². The van der Waals surface area contributed by atoms with E-state index in [1.165, 1.54) is 4.57 Å². The standard InChI is InChI=1S/C10H14N2O4S/c1-4-15-8(13)6-7(9(14)16-5-2)12(3)10(17)11-6/h4-5H2,1-3H3,(H,11,17). The third-order valence-electron chi connectivity index (χ3n) is 2.06. The summed E-state index contributed by atoms with van der Waals surface area (Å²) in [5.74, 6) is -1.23. The van der Waals surface area contributed by atoms with Crippen LogP contribution in [0.15, 0.2) is 0 Å². The first kappa shape index (κ1) is 13.4.